The summed E-state index contributed by atoms with van der Waals surface area (Å²) in [5.41, 5.74) is 0.146. The Hall–Kier alpha value is -1.56. The average molecular weight is 528 g/mol. The van der Waals surface area contributed by atoms with Crippen molar-refractivity contribution in [3.05, 3.63) is 17.8 Å². The van der Waals surface area contributed by atoms with E-state index >= 15 is 0 Å². The lowest BCUT2D eigenvalue weighted by Gasteiger charge is -2.18. The number of hydrogen-bond donors (Lipinski definition) is 2. The van der Waals surface area contributed by atoms with Gasteiger partial charge in [-0.15, -0.1) is 10.2 Å². The molecule has 0 saturated carbocycles. The molecule has 0 fully saturated rings. The molecule has 9 nitrogen and oxygen atoms in total. The molecule has 0 amide bonds. The van der Waals surface area contributed by atoms with Crippen LogP contribution in [0.4, 0.5) is 0 Å². The highest BCUT2D eigenvalue weighted by molar-refractivity contribution is 7.46. The summed E-state index contributed by atoms with van der Waals surface area (Å²) in [6.07, 6.45) is 19.8. The minimum absolute atomic E-state index is 0.00639. The molecule has 1 rings (SSSR count). The van der Waals surface area contributed by atoms with E-state index in [2.05, 4.69) is 17.1 Å². The number of phosphoric acid groups is 1. The molecule has 1 aromatic rings. The Morgan fingerprint density at radius 2 is 1.36 bits per heavy atom. The SMILES string of the molecule is CCCCCCCCCCCCCCCCCCOC[C@H](COc1ccc(C#N)nn1)OP(=O)(O)O. The highest BCUT2D eigenvalue weighted by atomic mass is 31.2. The maximum Gasteiger partial charge on any atom is 0.470 e. The zero-order valence-electron chi connectivity index (χ0n) is 22.0. The topological polar surface area (TPSA) is 135 Å². The van der Waals surface area contributed by atoms with Gasteiger partial charge in [0.05, 0.1) is 6.61 Å². The molecule has 0 saturated heterocycles. The van der Waals surface area contributed by atoms with Gasteiger partial charge >= 0.3 is 7.82 Å². The number of nitriles is 1. The van der Waals surface area contributed by atoms with Crippen LogP contribution in [0.3, 0.4) is 0 Å². The Labute approximate surface area is 217 Å². The fourth-order valence-corrected chi connectivity index (χ4v) is 4.42. The molecule has 0 aromatic carbocycles. The first-order chi connectivity index (χ1) is 17.4. The van der Waals surface area contributed by atoms with E-state index in [4.69, 9.17) is 29.0 Å². The Bertz CT molecular complexity index is 738. The molecule has 0 aliphatic heterocycles. The van der Waals surface area contributed by atoms with Gasteiger partial charge in [0.2, 0.25) is 5.88 Å². The number of unbranched alkanes of at least 4 members (excludes halogenated alkanes) is 15. The lowest BCUT2D eigenvalue weighted by Crippen LogP contribution is -2.27. The van der Waals surface area contributed by atoms with Crippen molar-refractivity contribution in [2.24, 2.45) is 0 Å². The fraction of sp³-hybridized carbons (Fsp3) is 0.808. The second-order valence-electron chi connectivity index (χ2n) is 9.28. The van der Waals surface area contributed by atoms with Crippen LogP contribution in [0.2, 0.25) is 0 Å². The largest absolute Gasteiger partial charge is 0.474 e. The minimum Gasteiger partial charge on any atom is -0.474 e. The summed E-state index contributed by atoms with van der Waals surface area (Å²) in [7, 11) is -4.69. The lowest BCUT2D eigenvalue weighted by molar-refractivity contribution is 0.00848. The van der Waals surface area contributed by atoms with E-state index in [9.17, 15) is 4.57 Å². The van der Waals surface area contributed by atoms with Crippen molar-refractivity contribution in [1.29, 1.82) is 5.26 Å². The predicted octanol–water partition coefficient (Wildman–Crippen LogP) is 6.48. The third-order valence-corrected chi connectivity index (χ3v) is 6.48. The smallest absolute Gasteiger partial charge is 0.470 e. The molecule has 36 heavy (non-hydrogen) atoms. The maximum absolute atomic E-state index is 11.2. The number of hydrogen-bond acceptors (Lipinski definition) is 7. The van der Waals surface area contributed by atoms with E-state index in [1.807, 2.05) is 6.07 Å². The van der Waals surface area contributed by atoms with Crippen molar-refractivity contribution < 1.29 is 28.3 Å². The number of phosphoric ester groups is 1. The Balaban J connectivity index is 2.00. The number of nitrogens with zero attached hydrogens (tertiary/aromatic N) is 3. The van der Waals surface area contributed by atoms with Crippen LogP contribution in [0, 0.1) is 11.3 Å². The van der Waals surface area contributed by atoms with Crippen molar-refractivity contribution in [2.45, 2.75) is 116 Å². The van der Waals surface area contributed by atoms with Gasteiger partial charge in [-0.3, -0.25) is 4.52 Å². The third-order valence-electron chi connectivity index (χ3n) is 5.90. The van der Waals surface area contributed by atoms with Crippen molar-refractivity contribution in [3.63, 3.8) is 0 Å². The molecule has 1 aromatic heterocycles. The maximum atomic E-state index is 11.2. The highest BCUT2D eigenvalue weighted by Crippen LogP contribution is 2.37. The van der Waals surface area contributed by atoms with Gasteiger partial charge in [-0.05, 0) is 12.5 Å². The average Bonchev–Trinajstić information content (AvgIpc) is 2.86. The van der Waals surface area contributed by atoms with E-state index in [-0.39, 0.29) is 24.8 Å². The number of rotatable bonds is 24. The molecule has 0 bridgehead atoms. The van der Waals surface area contributed by atoms with Crippen LogP contribution in [0.15, 0.2) is 12.1 Å². The van der Waals surface area contributed by atoms with Crippen LogP contribution in [0.5, 0.6) is 5.88 Å². The van der Waals surface area contributed by atoms with Gasteiger partial charge in [0.25, 0.3) is 0 Å². The van der Waals surface area contributed by atoms with Gasteiger partial charge in [0.15, 0.2) is 5.69 Å². The van der Waals surface area contributed by atoms with E-state index in [0.717, 1.165) is 12.8 Å². The van der Waals surface area contributed by atoms with Crippen LogP contribution < -0.4 is 4.74 Å². The van der Waals surface area contributed by atoms with E-state index in [1.165, 1.54) is 102 Å². The van der Waals surface area contributed by atoms with Crippen LogP contribution >= 0.6 is 7.82 Å². The van der Waals surface area contributed by atoms with Crippen molar-refractivity contribution in [3.8, 4) is 11.9 Å². The summed E-state index contributed by atoms with van der Waals surface area (Å²) in [6, 6.07) is 4.74. The Morgan fingerprint density at radius 1 is 0.833 bits per heavy atom. The zero-order chi connectivity index (χ0) is 26.3. The van der Waals surface area contributed by atoms with Gasteiger partial charge < -0.3 is 19.3 Å². The quantitative estimate of drug-likeness (QED) is 0.114. The Morgan fingerprint density at radius 3 is 1.81 bits per heavy atom. The van der Waals surface area contributed by atoms with Crippen molar-refractivity contribution in [1.82, 2.24) is 10.2 Å². The first kappa shape index (κ1) is 32.5. The van der Waals surface area contributed by atoms with E-state index in [1.54, 1.807) is 0 Å². The standard InChI is InChI=1S/C26H46N3O6P/c1-2-3-4-5-6-7-8-9-10-11-12-13-14-15-16-17-20-33-22-25(35-36(30,31)32)23-34-26-19-18-24(21-27)28-29-26/h18-19,25H,2-17,20,22-23H2,1H3,(H2,30,31,32)/t25-/m1/s1. The summed E-state index contributed by atoms with van der Waals surface area (Å²) in [5, 5.41) is 16.1. The summed E-state index contributed by atoms with van der Waals surface area (Å²) >= 11 is 0. The van der Waals surface area contributed by atoms with Crippen LogP contribution in [0.1, 0.15) is 115 Å². The van der Waals surface area contributed by atoms with E-state index in [0.29, 0.717) is 6.61 Å². The molecule has 10 heteroatoms. The summed E-state index contributed by atoms with van der Waals surface area (Å²) in [4.78, 5) is 18.2. The van der Waals surface area contributed by atoms with Crippen molar-refractivity contribution >= 4 is 7.82 Å². The molecule has 0 aliphatic carbocycles. The normalized spacial score (nSPS) is 12.4. The molecular weight excluding hydrogens is 481 g/mol. The number of ether oxygens (including phenoxy) is 2. The second kappa shape index (κ2) is 21.5. The van der Waals surface area contributed by atoms with Gasteiger partial charge in [0.1, 0.15) is 18.8 Å². The molecule has 0 aliphatic rings. The third kappa shape index (κ3) is 19.6. The predicted molar refractivity (Wildman–Crippen MR) is 140 cm³/mol. The molecule has 1 atom stereocenters. The lowest BCUT2D eigenvalue weighted by atomic mass is 10.0. The fourth-order valence-electron chi connectivity index (χ4n) is 3.91. The van der Waals surface area contributed by atoms with Gasteiger partial charge in [0, 0.05) is 12.7 Å². The van der Waals surface area contributed by atoms with Gasteiger partial charge in [-0.2, -0.15) is 5.26 Å². The van der Waals surface area contributed by atoms with Crippen molar-refractivity contribution in [2.75, 3.05) is 19.8 Å². The zero-order valence-corrected chi connectivity index (χ0v) is 22.9. The van der Waals surface area contributed by atoms with Gasteiger partial charge in [-0.1, -0.05) is 103 Å². The van der Waals surface area contributed by atoms with E-state index < -0.39 is 13.9 Å². The van der Waals surface area contributed by atoms with Crippen LogP contribution in [-0.2, 0) is 13.8 Å². The van der Waals surface area contributed by atoms with Crippen LogP contribution in [-0.4, -0.2) is 45.9 Å². The monoisotopic (exact) mass is 527 g/mol. The molecule has 0 spiro atoms. The molecule has 0 radical (unpaired) electrons. The van der Waals surface area contributed by atoms with Crippen LogP contribution in [0.25, 0.3) is 0 Å². The Kier molecular flexibility index (Phi) is 19.4. The van der Waals surface area contributed by atoms with Gasteiger partial charge in [-0.25, -0.2) is 4.57 Å². The molecule has 0 unspecified atom stereocenters. The summed E-state index contributed by atoms with van der Waals surface area (Å²) in [5.74, 6) is 0.131. The summed E-state index contributed by atoms with van der Waals surface area (Å²) in [6.45, 7) is 2.59. The highest BCUT2D eigenvalue weighted by Gasteiger charge is 2.23. The first-order valence-corrected chi connectivity index (χ1v) is 15.2. The first-order valence-electron chi connectivity index (χ1n) is 13.6. The molecule has 1 heterocycles. The minimum atomic E-state index is -4.69. The summed E-state index contributed by atoms with van der Waals surface area (Å²) < 4.78 is 26.9. The number of aromatic nitrogens is 2. The molecular formula is C26H46N3O6P. The molecule has 2 N–H and O–H groups in total. The second-order valence-corrected chi connectivity index (χ2v) is 10.5. The molecule has 206 valence electrons.